The zero-order valence-corrected chi connectivity index (χ0v) is 17.0. The van der Waals surface area contributed by atoms with Gasteiger partial charge in [0.2, 0.25) is 0 Å². The number of likely N-dealkylation sites (N-methyl/N-ethyl adjacent to an activating group) is 1. The van der Waals surface area contributed by atoms with Gasteiger partial charge in [-0.1, -0.05) is 20.8 Å². The fraction of sp³-hybridized carbons (Fsp3) is 0.632. The van der Waals surface area contributed by atoms with E-state index < -0.39 is 0 Å². The van der Waals surface area contributed by atoms with E-state index in [9.17, 15) is 0 Å². The molecule has 150 valence electrons. The minimum Gasteiger partial charge on any atom is -0.468 e. The monoisotopic (exact) mass is 375 g/mol. The second kappa shape index (κ2) is 11.4. The first-order valence-corrected chi connectivity index (χ1v) is 9.89. The SMILES string of the molecule is CCNC(=NCC(c1ccco1)N(CC)CC)NCCn1cnnc1CC. The molecular weight excluding hydrogens is 342 g/mol. The van der Waals surface area contributed by atoms with Crippen LogP contribution in [0.15, 0.2) is 34.1 Å². The minimum atomic E-state index is 0.134. The molecule has 0 fully saturated rings. The Labute approximate surface area is 162 Å². The Hall–Kier alpha value is -2.35. The van der Waals surface area contributed by atoms with Crippen LogP contribution in [0, 0.1) is 0 Å². The van der Waals surface area contributed by atoms with Crippen LogP contribution in [0.1, 0.15) is 45.3 Å². The molecular formula is C19H33N7O. The van der Waals surface area contributed by atoms with Gasteiger partial charge >= 0.3 is 0 Å². The maximum absolute atomic E-state index is 5.66. The molecule has 0 aliphatic carbocycles. The van der Waals surface area contributed by atoms with Gasteiger partial charge in [-0.3, -0.25) is 9.89 Å². The molecule has 8 heteroatoms. The lowest BCUT2D eigenvalue weighted by Gasteiger charge is -2.27. The van der Waals surface area contributed by atoms with Crippen LogP contribution in [0.3, 0.4) is 0 Å². The van der Waals surface area contributed by atoms with E-state index in [-0.39, 0.29) is 6.04 Å². The molecule has 0 bridgehead atoms. The molecule has 2 rings (SSSR count). The van der Waals surface area contributed by atoms with Crippen molar-refractivity contribution < 1.29 is 4.42 Å². The Morgan fingerprint density at radius 2 is 2.07 bits per heavy atom. The molecule has 0 saturated carbocycles. The molecule has 0 amide bonds. The average molecular weight is 376 g/mol. The van der Waals surface area contributed by atoms with Crippen LogP contribution in [0.25, 0.3) is 0 Å². The number of furan rings is 1. The number of rotatable bonds is 11. The summed E-state index contributed by atoms with van der Waals surface area (Å²) in [5.41, 5.74) is 0. The third kappa shape index (κ3) is 6.09. The summed E-state index contributed by atoms with van der Waals surface area (Å²) in [5, 5.41) is 14.8. The maximum Gasteiger partial charge on any atom is 0.191 e. The van der Waals surface area contributed by atoms with Crippen LogP contribution in [0.2, 0.25) is 0 Å². The summed E-state index contributed by atoms with van der Waals surface area (Å²) < 4.78 is 7.73. The van der Waals surface area contributed by atoms with Gasteiger partial charge in [0.15, 0.2) is 5.96 Å². The predicted molar refractivity (Wildman–Crippen MR) is 108 cm³/mol. The summed E-state index contributed by atoms with van der Waals surface area (Å²) in [6.45, 7) is 13.4. The van der Waals surface area contributed by atoms with Crippen LogP contribution < -0.4 is 10.6 Å². The van der Waals surface area contributed by atoms with Gasteiger partial charge in [-0.05, 0) is 32.1 Å². The summed E-state index contributed by atoms with van der Waals surface area (Å²) in [5.74, 6) is 2.76. The topological polar surface area (TPSA) is 83.5 Å². The summed E-state index contributed by atoms with van der Waals surface area (Å²) in [6.07, 6.45) is 4.38. The zero-order chi connectivity index (χ0) is 19.5. The van der Waals surface area contributed by atoms with Crippen molar-refractivity contribution in [3.63, 3.8) is 0 Å². The van der Waals surface area contributed by atoms with E-state index in [2.05, 4.69) is 58.0 Å². The third-order valence-electron chi connectivity index (χ3n) is 4.55. The summed E-state index contributed by atoms with van der Waals surface area (Å²) in [6, 6.07) is 4.09. The molecule has 2 aromatic rings. The highest BCUT2D eigenvalue weighted by Gasteiger charge is 2.20. The number of aliphatic imine (C=N–C) groups is 1. The molecule has 2 heterocycles. The van der Waals surface area contributed by atoms with Crippen molar-refractivity contribution in [1.82, 2.24) is 30.3 Å². The number of aromatic nitrogens is 3. The highest BCUT2D eigenvalue weighted by Crippen LogP contribution is 2.21. The lowest BCUT2D eigenvalue weighted by atomic mass is 10.2. The first-order valence-electron chi connectivity index (χ1n) is 9.89. The summed E-state index contributed by atoms with van der Waals surface area (Å²) in [7, 11) is 0. The van der Waals surface area contributed by atoms with Gasteiger partial charge in [0.05, 0.1) is 18.8 Å². The van der Waals surface area contributed by atoms with Gasteiger partial charge < -0.3 is 19.6 Å². The first-order chi connectivity index (χ1) is 13.2. The van der Waals surface area contributed by atoms with Crippen molar-refractivity contribution in [2.75, 3.05) is 32.7 Å². The van der Waals surface area contributed by atoms with Gasteiger partial charge in [0.1, 0.15) is 17.9 Å². The van der Waals surface area contributed by atoms with Crippen LogP contribution in [0.5, 0.6) is 0 Å². The zero-order valence-electron chi connectivity index (χ0n) is 17.0. The Bertz CT molecular complexity index is 661. The second-order valence-corrected chi connectivity index (χ2v) is 6.19. The van der Waals surface area contributed by atoms with Crippen molar-refractivity contribution in [2.24, 2.45) is 4.99 Å². The molecule has 0 spiro atoms. The van der Waals surface area contributed by atoms with E-state index in [1.54, 1.807) is 12.6 Å². The number of guanidine groups is 1. The van der Waals surface area contributed by atoms with E-state index in [0.717, 1.165) is 56.7 Å². The number of hydrogen-bond donors (Lipinski definition) is 2. The molecule has 1 atom stereocenters. The molecule has 27 heavy (non-hydrogen) atoms. The van der Waals surface area contributed by atoms with E-state index in [1.165, 1.54) is 0 Å². The lowest BCUT2D eigenvalue weighted by molar-refractivity contribution is 0.198. The third-order valence-corrected chi connectivity index (χ3v) is 4.55. The van der Waals surface area contributed by atoms with Crippen LogP contribution in [0.4, 0.5) is 0 Å². The highest BCUT2D eigenvalue weighted by atomic mass is 16.3. The normalized spacial score (nSPS) is 13.1. The van der Waals surface area contributed by atoms with Crippen molar-refractivity contribution >= 4 is 5.96 Å². The molecule has 1 unspecified atom stereocenters. The van der Waals surface area contributed by atoms with E-state index >= 15 is 0 Å². The summed E-state index contributed by atoms with van der Waals surface area (Å²) in [4.78, 5) is 7.16. The second-order valence-electron chi connectivity index (χ2n) is 6.19. The van der Waals surface area contributed by atoms with Crippen LogP contribution in [-0.2, 0) is 13.0 Å². The van der Waals surface area contributed by atoms with Gasteiger partial charge in [0, 0.05) is 26.1 Å². The molecule has 0 aliphatic rings. The molecule has 0 aliphatic heterocycles. The van der Waals surface area contributed by atoms with Gasteiger partial charge in [-0.25, -0.2) is 0 Å². The van der Waals surface area contributed by atoms with Crippen LogP contribution in [-0.4, -0.2) is 58.3 Å². The minimum absolute atomic E-state index is 0.134. The average Bonchev–Trinajstić information content (AvgIpc) is 3.36. The largest absolute Gasteiger partial charge is 0.468 e. The number of nitrogens with one attached hydrogen (secondary N) is 2. The van der Waals surface area contributed by atoms with Gasteiger partial charge in [0.25, 0.3) is 0 Å². The lowest BCUT2D eigenvalue weighted by Crippen LogP contribution is -2.40. The van der Waals surface area contributed by atoms with Crippen LogP contribution >= 0.6 is 0 Å². The van der Waals surface area contributed by atoms with Crippen molar-refractivity contribution in [3.05, 3.63) is 36.3 Å². The number of nitrogens with zero attached hydrogens (tertiary/aromatic N) is 5. The highest BCUT2D eigenvalue weighted by molar-refractivity contribution is 5.79. The molecule has 0 radical (unpaired) electrons. The molecule has 8 nitrogen and oxygen atoms in total. The standard InChI is InChI=1S/C19H33N7O/c1-5-18-24-23-15-26(18)12-11-21-19(20-6-2)22-14-16(25(7-3)8-4)17-10-9-13-27-17/h9-10,13,15-16H,5-8,11-12,14H2,1-4H3,(H2,20,21,22). The van der Waals surface area contributed by atoms with E-state index in [1.807, 2.05) is 12.1 Å². The predicted octanol–water partition coefficient (Wildman–Crippen LogP) is 2.07. The molecule has 0 aromatic carbocycles. The van der Waals surface area contributed by atoms with Gasteiger partial charge in [-0.2, -0.15) is 0 Å². The quantitative estimate of drug-likeness (QED) is 0.462. The van der Waals surface area contributed by atoms with Crippen molar-refractivity contribution in [1.29, 1.82) is 0 Å². The van der Waals surface area contributed by atoms with Crippen molar-refractivity contribution in [2.45, 2.75) is 46.7 Å². The van der Waals surface area contributed by atoms with E-state index in [4.69, 9.17) is 9.41 Å². The Morgan fingerprint density at radius 1 is 1.26 bits per heavy atom. The summed E-state index contributed by atoms with van der Waals surface area (Å²) >= 11 is 0. The Kier molecular flexibility index (Phi) is 8.83. The molecule has 2 aromatic heterocycles. The van der Waals surface area contributed by atoms with E-state index in [0.29, 0.717) is 6.54 Å². The molecule has 2 N–H and O–H groups in total. The fourth-order valence-corrected chi connectivity index (χ4v) is 3.08. The smallest absolute Gasteiger partial charge is 0.191 e. The molecule has 0 saturated heterocycles. The number of aryl methyl sites for hydroxylation is 1. The maximum atomic E-state index is 5.66. The Balaban J connectivity index is 1.99. The number of hydrogen-bond acceptors (Lipinski definition) is 5. The van der Waals surface area contributed by atoms with Crippen molar-refractivity contribution in [3.8, 4) is 0 Å². The fourth-order valence-electron chi connectivity index (χ4n) is 3.08. The van der Waals surface area contributed by atoms with Gasteiger partial charge in [-0.15, -0.1) is 10.2 Å². The Morgan fingerprint density at radius 3 is 2.70 bits per heavy atom. The first kappa shape index (κ1) is 21.0.